The zero-order valence-corrected chi connectivity index (χ0v) is 12.5. The Balaban J connectivity index is 2.03. The molecule has 2 rings (SSSR count). The van der Waals surface area contributed by atoms with Crippen molar-refractivity contribution in [2.24, 2.45) is 0 Å². The topological polar surface area (TPSA) is 41.3 Å². The molecule has 0 amide bonds. The van der Waals surface area contributed by atoms with E-state index in [1.165, 1.54) is 5.56 Å². The van der Waals surface area contributed by atoms with E-state index >= 15 is 0 Å². The minimum atomic E-state index is 0.766. The summed E-state index contributed by atoms with van der Waals surface area (Å²) in [5, 5.41) is 3.13. The van der Waals surface area contributed by atoms with Gasteiger partial charge in [-0.1, -0.05) is 13.0 Å². The number of aromatic nitrogens is 1. The Kier molecular flexibility index (Phi) is 5.32. The van der Waals surface area contributed by atoms with Crippen LogP contribution >= 0.6 is 0 Å². The lowest BCUT2D eigenvalue weighted by atomic mass is 10.2. The summed E-state index contributed by atoms with van der Waals surface area (Å²) in [5.74, 6) is 1.02. The first-order valence-electron chi connectivity index (χ1n) is 7.07. The van der Waals surface area contributed by atoms with Gasteiger partial charge in [0, 0.05) is 24.3 Å². The normalized spacial score (nSPS) is 11.2. The van der Waals surface area contributed by atoms with E-state index in [1.807, 2.05) is 20.0 Å². The standard InChI is InChI=1S/C16H23N3O/c1-4-19(12-15-7-5-6-13(2)18-15)11-14-8-9-20-16(14)10-17-3/h5-9,17H,4,10-12H2,1-3H3. The quantitative estimate of drug-likeness (QED) is 0.842. The van der Waals surface area contributed by atoms with Gasteiger partial charge in [-0.05, 0) is 38.7 Å². The van der Waals surface area contributed by atoms with Gasteiger partial charge in [0.15, 0.2) is 0 Å². The molecule has 0 radical (unpaired) electrons. The van der Waals surface area contributed by atoms with Crippen LogP contribution in [0.1, 0.15) is 29.6 Å². The van der Waals surface area contributed by atoms with Crippen LogP contribution in [0.25, 0.3) is 0 Å². The molecule has 0 bridgehead atoms. The monoisotopic (exact) mass is 273 g/mol. The predicted molar refractivity (Wildman–Crippen MR) is 80.2 cm³/mol. The molecule has 0 unspecified atom stereocenters. The van der Waals surface area contributed by atoms with E-state index in [0.29, 0.717) is 0 Å². The second-order valence-electron chi connectivity index (χ2n) is 4.97. The molecule has 20 heavy (non-hydrogen) atoms. The average molecular weight is 273 g/mol. The Labute approximate surface area is 120 Å². The van der Waals surface area contributed by atoms with Crippen molar-refractivity contribution in [2.75, 3.05) is 13.6 Å². The van der Waals surface area contributed by atoms with Gasteiger partial charge in [-0.25, -0.2) is 0 Å². The molecule has 0 spiro atoms. The van der Waals surface area contributed by atoms with Gasteiger partial charge < -0.3 is 9.73 Å². The van der Waals surface area contributed by atoms with Gasteiger partial charge >= 0.3 is 0 Å². The maximum Gasteiger partial charge on any atom is 0.122 e. The molecule has 108 valence electrons. The van der Waals surface area contributed by atoms with Crippen molar-refractivity contribution < 1.29 is 4.42 Å². The minimum absolute atomic E-state index is 0.766. The summed E-state index contributed by atoms with van der Waals surface area (Å²) in [6, 6.07) is 8.23. The van der Waals surface area contributed by atoms with Crippen molar-refractivity contribution in [1.29, 1.82) is 0 Å². The van der Waals surface area contributed by atoms with Crippen molar-refractivity contribution in [3.05, 3.63) is 53.2 Å². The van der Waals surface area contributed by atoms with Gasteiger partial charge in [-0.3, -0.25) is 9.88 Å². The number of hydrogen-bond donors (Lipinski definition) is 1. The Bertz CT molecular complexity index is 536. The van der Waals surface area contributed by atoms with Gasteiger partial charge in [0.25, 0.3) is 0 Å². The lowest BCUT2D eigenvalue weighted by Gasteiger charge is -2.20. The van der Waals surface area contributed by atoms with Crippen LogP contribution in [0, 0.1) is 6.92 Å². The number of nitrogens with one attached hydrogen (secondary N) is 1. The highest BCUT2D eigenvalue weighted by Crippen LogP contribution is 2.14. The second kappa shape index (κ2) is 7.22. The van der Waals surface area contributed by atoms with E-state index in [2.05, 4.69) is 40.3 Å². The van der Waals surface area contributed by atoms with Crippen LogP contribution in [0.5, 0.6) is 0 Å². The van der Waals surface area contributed by atoms with E-state index in [0.717, 1.165) is 43.3 Å². The number of furan rings is 1. The molecule has 0 atom stereocenters. The number of aryl methyl sites for hydroxylation is 1. The largest absolute Gasteiger partial charge is 0.468 e. The lowest BCUT2D eigenvalue weighted by Crippen LogP contribution is -2.23. The molecular weight excluding hydrogens is 250 g/mol. The van der Waals surface area contributed by atoms with Crippen LogP contribution < -0.4 is 5.32 Å². The van der Waals surface area contributed by atoms with Crippen molar-refractivity contribution in [3.63, 3.8) is 0 Å². The first-order valence-corrected chi connectivity index (χ1v) is 7.07. The van der Waals surface area contributed by atoms with Crippen LogP contribution in [0.2, 0.25) is 0 Å². The first kappa shape index (κ1) is 14.8. The van der Waals surface area contributed by atoms with E-state index in [9.17, 15) is 0 Å². The summed E-state index contributed by atoms with van der Waals surface area (Å²) in [7, 11) is 1.93. The third-order valence-corrected chi connectivity index (χ3v) is 3.35. The molecule has 0 aliphatic heterocycles. The molecule has 4 nitrogen and oxygen atoms in total. The van der Waals surface area contributed by atoms with Crippen molar-refractivity contribution in [2.45, 2.75) is 33.5 Å². The third kappa shape index (κ3) is 3.92. The molecule has 0 aromatic carbocycles. The smallest absolute Gasteiger partial charge is 0.122 e. The SMILES string of the molecule is CCN(Cc1cccc(C)n1)Cc1ccoc1CNC. The minimum Gasteiger partial charge on any atom is -0.468 e. The van der Waals surface area contributed by atoms with Crippen molar-refractivity contribution >= 4 is 0 Å². The number of nitrogens with zero attached hydrogens (tertiary/aromatic N) is 2. The molecule has 4 heteroatoms. The fraction of sp³-hybridized carbons (Fsp3) is 0.438. The number of pyridine rings is 1. The maximum atomic E-state index is 5.51. The Morgan fingerprint density at radius 2 is 2.10 bits per heavy atom. The Morgan fingerprint density at radius 3 is 2.80 bits per heavy atom. The molecule has 0 saturated heterocycles. The molecule has 1 N–H and O–H groups in total. The summed E-state index contributed by atoms with van der Waals surface area (Å²) in [6.07, 6.45) is 1.76. The fourth-order valence-corrected chi connectivity index (χ4v) is 2.26. The van der Waals surface area contributed by atoms with Crippen LogP contribution in [0.4, 0.5) is 0 Å². The van der Waals surface area contributed by atoms with Crippen molar-refractivity contribution in [1.82, 2.24) is 15.2 Å². The molecule has 2 aromatic heterocycles. The Morgan fingerprint density at radius 1 is 1.25 bits per heavy atom. The maximum absolute atomic E-state index is 5.51. The Hall–Kier alpha value is -1.65. The van der Waals surface area contributed by atoms with Gasteiger partial charge in [0.2, 0.25) is 0 Å². The van der Waals surface area contributed by atoms with Crippen molar-refractivity contribution in [3.8, 4) is 0 Å². The molecular formula is C16H23N3O. The second-order valence-corrected chi connectivity index (χ2v) is 4.97. The summed E-state index contributed by atoms with van der Waals surface area (Å²) < 4.78 is 5.51. The highest BCUT2D eigenvalue weighted by Gasteiger charge is 2.11. The predicted octanol–water partition coefficient (Wildman–Crippen LogP) is 2.72. The highest BCUT2D eigenvalue weighted by molar-refractivity contribution is 5.17. The van der Waals surface area contributed by atoms with Gasteiger partial charge in [-0.2, -0.15) is 0 Å². The lowest BCUT2D eigenvalue weighted by molar-refractivity contribution is 0.265. The van der Waals surface area contributed by atoms with Crippen LogP contribution in [0.15, 0.2) is 34.9 Å². The fourth-order valence-electron chi connectivity index (χ4n) is 2.26. The van der Waals surface area contributed by atoms with E-state index < -0.39 is 0 Å². The average Bonchev–Trinajstić information content (AvgIpc) is 2.86. The molecule has 0 fully saturated rings. The highest BCUT2D eigenvalue weighted by atomic mass is 16.3. The van der Waals surface area contributed by atoms with Gasteiger partial charge in [0.05, 0.1) is 18.5 Å². The summed E-state index contributed by atoms with van der Waals surface area (Å²) in [6.45, 7) is 7.71. The molecule has 0 saturated carbocycles. The number of rotatable bonds is 7. The number of hydrogen-bond acceptors (Lipinski definition) is 4. The summed E-state index contributed by atoms with van der Waals surface area (Å²) in [5.41, 5.74) is 3.43. The van der Waals surface area contributed by atoms with Gasteiger partial charge in [-0.15, -0.1) is 0 Å². The van der Waals surface area contributed by atoms with Crippen LogP contribution in [0.3, 0.4) is 0 Å². The summed E-state index contributed by atoms with van der Waals surface area (Å²) >= 11 is 0. The molecule has 2 heterocycles. The third-order valence-electron chi connectivity index (χ3n) is 3.35. The molecule has 2 aromatic rings. The molecule has 0 aliphatic rings. The summed E-state index contributed by atoms with van der Waals surface area (Å²) in [4.78, 5) is 6.94. The molecule has 0 aliphatic carbocycles. The zero-order valence-electron chi connectivity index (χ0n) is 12.5. The van der Waals surface area contributed by atoms with Crippen LogP contribution in [-0.4, -0.2) is 23.5 Å². The van der Waals surface area contributed by atoms with E-state index in [1.54, 1.807) is 6.26 Å². The van der Waals surface area contributed by atoms with Gasteiger partial charge in [0.1, 0.15) is 5.76 Å². The van der Waals surface area contributed by atoms with E-state index in [4.69, 9.17) is 4.42 Å². The van der Waals surface area contributed by atoms with E-state index in [-0.39, 0.29) is 0 Å². The zero-order chi connectivity index (χ0) is 14.4. The first-order chi connectivity index (χ1) is 9.72. The van der Waals surface area contributed by atoms with Crippen LogP contribution in [-0.2, 0) is 19.6 Å².